The van der Waals surface area contributed by atoms with E-state index in [9.17, 15) is 0 Å². The van der Waals surface area contributed by atoms with Crippen LogP contribution in [0.5, 0.6) is 0 Å². The van der Waals surface area contributed by atoms with Crippen LogP contribution in [0.1, 0.15) is 26.3 Å². The second-order valence-corrected chi connectivity index (χ2v) is 5.98. The molecule has 0 saturated heterocycles. The summed E-state index contributed by atoms with van der Waals surface area (Å²) in [4.78, 5) is 5.97. The summed E-state index contributed by atoms with van der Waals surface area (Å²) in [5.41, 5.74) is 5.06. The van der Waals surface area contributed by atoms with Crippen molar-refractivity contribution in [3.63, 3.8) is 0 Å². The third-order valence-corrected chi connectivity index (χ3v) is 4.59. The summed E-state index contributed by atoms with van der Waals surface area (Å²) in [5.74, 6) is 0. The molecule has 17 heavy (non-hydrogen) atoms. The Morgan fingerprint density at radius 3 is 2.71 bits per heavy atom. The van der Waals surface area contributed by atoms with Gasteiger partial charge >= 0.3 is 0 Å². The summed E-state index contributed by atoms with van der Waals surface area (Å²) in [5, 5.41) is 2.12. The lowest BCUT2D eigenvalue weighted by molar-refractivity contribution is 0.733. The Bertz CT molecular complexity index is 591. The number of nitrogens with zero attached hydrogens (tertiary/aromatic N) is 1. The molecular weight excluding hydrogens is 226 g/mol. The van der Waals surface area contributed by atoms with E-state index in [0.29, 0.717) is 0 Å². The van der Waals surface area contributed by atoms with E-state index in [1.165, 1.54) is 21.7 Å². The molecule has 0 spiro atoms. The van der Waals surface area contributed by atoms with E-state index in [0.717, 1.165) is 5.69 Å². The van der Waals surface area contributed by atoms with Crippen molar-refractivity contribution in [2.24, 2.45) is 4.99 Å². The summed E-state index contributed by atoms with van der Waals surface area (Å²) in [6.07, 6.45) is 0. The molecule has 2 heterocycles. The molecule has 0 aliphatic carbocycles. The maximum atomic E-state index is 4.65. The Labute approximate surface area is 106 Å². The van der Waals surface area contributed by atoms with Gasteiger partial charge in [-0.15, -0.1) is 11.3 Å². The molecule has 0 amide bonds. The van der Waals surface area contributed by atoms with E-state index in [-0.39, 0.29) is 5.41 Å². The third-order valence-electron chi connectivity index (χ3n) is 3.67. The van der Waals surface area contributed by atoms with Crippen molar-refractivity contribution < 1.29 is 0 Å². The van der Waals surface area contributed by atoms with Gasteiger partial charge in [-0.05, 0) is 41.6 Å². The molecule has 0 saturated carbocycles. The molecule has 86 valence electrons. The zero-order chi connectivity index (χ0) is 12.0. The van der Waals surface area contributed by atoms with Crippen molar-refractivity contribution in [2.45, 2.75) is 26.2 Å². The van der Waals surface area contributed by atoms with Crippen molar-refractivity contribution in [2.75, 3.05) is 0 Å². The van der Waals surface area contributed by atoms with Crippen molar-refractivity contribution in [1.82, 2.24) is 0 Å². The molecule has 0 radical (unpaired) electrons. The van der Waals surface area contributed by atoms with E-state index in [2.05, 4.69) is 61.5 Å². The van der Waals surface area contributed by atoms with Gasteiger partial charge in [-0.3, -0.25) is 4.99 Å². The van der Waals surface area contributed by atoms with Gasteiger partial charge in [0.15, 0.2) is 0 Å². The topological polar surface area (TPSA) is 12.4 Å². The highest BCUT2D eigenvalue weighted by Crippen LogP contribution is 2.42. The summed E-state index contributed by atoms with van der Waals surface area (Å²) in [6, 6.07) is 10.9. The standard InChI is InChI=1S/C15H15NS/c1-10-15(2,3)12-9-11(6-7-13(12)16-10)14-5-4-8-17-14/h4-9H,1-3H3. The Hall–Kier alpha value is -1.41. The van der Waals surface area contributed by atoms with Crippen LogP contribution in [-0.4, -0.2) is 5.71 Å². The second kappa shape index (κ2) is 3.54. The smallest absolute Gasteiger partial charge is 0.0671 e. The van der Waals surface area contributed by atoms with Gasteiger partial charge in [-0.25, -0.2) is 0 Å². The van der Waals surface area contributed by atoms with Gasteiger partial charge in [-0.1, -0.05) is 26.0 Å². The van der Waals surface area contributed by atoms with Crippen LogP contribution in [0, 0.1) is 0 Å². The summed E-state index contributed by atoms with van der Waals surface area (Å²) in [7, 11) is 0. The maximum absolute atomic E-state index is 4.65. The Morgan fingerprint density at radius 1 is 1.18 bits per heavy atom. The monoisotopic (exact) mass is 241 g/mol. The highest BCUT2D eigenvalue weighted by atomic mass is 32.1. The van der Waals surface area contributed by atoms with E-state index >= 15 is 0 Å². The second-order valence-electron chi connectivity index (χ2n) is 5.03. The molecule has 1 nitrogen and oxygen atoms in total. The Balaban J connectivity index is 2.15. The minimum Gasteiger partial charge on any atom is -0.257 e. The summed E-state index contributed by atoms with van der Waals surface area (Å²) in [6.45, 7) is 6.61. The average molecular weight is 241 g/mol. The molecular formula is C15H15NS. The van der Waals surface area contributed by atoms with Gasteiger partial charge in [0, 0.05) is 16.0 Å². The molecule has 1 aromatic carbocycles. The van der Waals surface area contributed by atoms with Crippen LogP contribution >= 0.6 is 11.3 Å². The number of hydrogen-bond donors (Lipinski definition) is 0. The Morgan fingerprint density at radius 2 is 2.00 bits per heavy atom. The lowest BCUT2D eigenvalue weighted by atomic mass is 9.81. The van der Waals surface area contributed by atoms with Gasteiger partial charge in [0.2, 0.25) is 0 Å². The number of benzene rings is 1. The molecule has 0 atom stereocenters. The average Bonchev–Trinajstić information content (AvgIpc) is 2.88. The van der Waals surface area contributed by atoms with Crippen LogP contribution in [0.4, 0.5) is 5.69 Å². The first-order valence-corrected chi connectivity index (χ1v) is 6.71. The van der Waals surface area contributed by atoms with Crippen molar-refractivity contribution in [1.29, 1.82) is 0 Å². The van der Waals surface area contributed by atoms with Crippen LogP contribution in [0.2, 0.25) is 0 Å². The predicted octanol–water partition coefficient (Wildman–Crippen LogP) is 4.80. The van der Waals surface area contributed by atoms with E-state index in [1.54, 1.807) is 11.3 Å². The van der Waals surface area contributed by atoms with Gasteiger partial charge in [0.05, 0.1) is 5.69 Å². The molecule has 2 aromatic rings. The molecule has 1 aliphatic rings. The lowest BCUT2D eigenvalue weighted by Gasteiger charge is -2.20. The first-order valence-electron chi connectivity index (χ1n) is 5.83. The molecule has 0 bridgehead atoms. The van der Waals surface area contributed by atoms with Crippen molar-refractivity contribution >= 4 is 22.7 Å². The van der Waals surface area contributed by atoms with E-state index in [1.807, 2.05) is 0 Å². The fourth-order valence-electron chi connectivity index (χ4n) is 2.25. The molecule has 1 aliphatic heterocycles. The minimum absolute atomic E-state index is 0.0720. The first kappa shape index (κ1) is 10.7. The van der Waals surface area contributed by atoms with Gasteiger partial charge in [0.25, 0.3) is 0 Å². The fourth-order valence-corrected chi connectivity index (χ4v) is 2.97. The normalized spacial score (nSPS) is 16.8. The first-order chi connectivity index (χ1) is 8.09. The summed E-state index contributed by atoms with van der Waals surface area (Å²) >= 11 is 1.78. The van der Waals surface area contributed by atoms with E-state index in [4.69, 9.17) is 0 Å². The number of rotatable bonds is 1. The molecule has 2 heteroatoms. The number of thiophene rings is 1. The largest absolute Gasteiger partial charge is 0.257 e. The molecule has 1 aromatic heterocycles. The van der Waals surface area contributed by atoms with Crippen LogP contribution < -0.4 is 0 Å². The number of fused-ring (bicyclic) bond motifs is 1. The SMILES string of the molecule is CC1=Nc2ccc(-c3cccs3)cc2C1(C)C. The third kappa shape index (κ3) is 1.55. The minimum atomic E-state index is 0.0720. The highest BCUT2D eigenvalue weighted by molar-refractivity contribution is 7.13. The van der Waals surface area contributed by atoms with Gasteiger partial charge < -0.3 is 0 Å². The van der Waals surface area contributed by atoms with Crippen LogP contribution in [0.3, 0.4) is 0 Å². The molecule has 0 N–H and O–H groups in total. The van der Waals surface area contributed by atoms with Gasteiger partial charge in [0.1, 0.15) is 0 Å². The predicted molar refractivity (Wildman–Crippen MR) is 75.6 cm³/mol. The van der Waals surface area contributed by atoms with Crippen molar-refractivity contribution in [3.05, 3.63) is 41.3 Å². The fraction of sp³-hybridized carbons (Fsp3) is 0.267. The quantitative estimate of drug-likeness (QED) is 0.680. The number of aliphatic imine (C=N–C) groups is 1. The molecule has 3 rings (SSSR count). The molecule has 0 unspecified atom stereocenters. The van der Waals surface area contributed by atoms with Crippen LogP contribution in [-0.2, 0) is 5.41 Å². The van der Waals surface area contributed by atoms with Crippen LogP contribution in [0.15, 0.2) is 40.7 Å². The Kier molecular flexibility index (Phi) is 2.23. The number of hydrogen-bond acceptors (Lipinski definition) is 2. The molecule has 0 fully saturated rings. The zero-order valence-electron chi connectivity index (χ0n) is 10.3. The van der Waals surface area contributed by atoms with Gasteiger partial charge in [-0.2, -0.15) is 0 Å². The lowest BCUT2D eigenvalue weighted by Crippen LogP contribution is -2.22. The van der Waals surface area contributed by atoms with Crippen LogP contribution in [0.25, 0.3) is 10.4 Å². The maximum Gasteiger partial charge on any atom is 0.0671 e. The summed E-state index contributed by atoms with van der Waals surface area (Å²) < 4.78 is 0. The van der Waals surface area contributed by atoms with Crippen molar-refractivity contribution in [3.8, 4) is 10.4 Å². The highest BCUT2D eigenvalue weighted by Gasteiger charge is 2.32. The van der Waals surface area contributed by atoms with E-state index < -0.39 is 0 Å². The zero-order valence-corrected chi connectivity index (χ0v) is 11.1.